The number of carbonyl (C=O) groups is 2. The average molecular weight is 321 g/mol. The molecule has 0 bridgehead atoms. The zero-order valence-electron chi connectivity index (χ0n) is 13.1. The number of aliphatic hydroxyl groups excluding tert-OH is 1. The van der Waals surface area contributed by atoms with Crippen LogP contribution < -0.4 is 4.90 Å². The predicted octanol–water partition coefficient (Wildman–Crippen LogP) is 0.616. The van der Waals surface area contributed by atoms with Crippen molar-refractivity contribution in [2.45, 2.75) is 6.42 Å². The van der Waals surface area contributed by atoms with E-state index in [-0.39, 0.29) is 31.2 Å². The summed E-state index contributed by atoms with van der Waals surface area (Å²) in [4.78, 5) is 25.7. The van der Waals surface area contributed by atoms with Gasteiger partial charge in [-0.2, -0.15) is 0 Å². The second-order valence-corrected chi connectivity index (χ2v) is 4.82. The number of esters is 2. The molecule has 0 atom stereocenters. The Labute approximate surface area is 134 Å². The van der Waals surface area contributed by atoms with Gasteiger partial charge in [0.15, 0.2) is 0 Å². The normalized spacial score (nSPS) is 14.7. The van der Waals surface area contributed by atoms with E-state index in [4.69, 9.17) is 14.2 Å². The standard InChI is InChI=1S/C16H19NO6/c1-21-15(19)12-9-23-10-17(14(12)16(20)22-2)13-6-4-3-5-11(13)7-8-18/h3-6,18H,7-10H2,1-2H3. The molecule has 0 amide bonds. The van der Waals surface area contributed by atoms with E-state index >= 15 is 0 Å². The smallest absolute Gasteiger partial charge is 0.355 e. The Hall–Kier alpha value is -2.38. The van der Waals surface area contributed by atoms with Crippen LogP contribution >= 0.6 is 0 Å². The molecule has 1 aromatic carbocycles. The molecule has 1 heterocycles. The largest absolute Gasteiger partial charge is 0.466 e. The number of methoxy groups -OCH3 is 2. The van der Waals surface area contributed by atoms with Gasteiger partial charge in [0, 0.05) is 12.3 Å². The van der Waals surface area contributed by atoms with E-state index in [1.54, 1.807) is 17.0 Å². The van der Waals surface area contributed by atoms with Gasteiger partial charge in [-0.05, 0) is 18.1 Å². The fraction of sp³-hybridized carbons (Fsp3) is 0.375. The van der Waals surface area contributed by atoms with Crippen molar-refractivity contribution in [3.05, 3.63) is 41.1 Å². The Morgan fingerprint density at radius 2 is 1.91 bits per heavy atom. The maximum absolute atomic E-state index is 12.2. The monoisotopic (exact) mass is 321 g/mol. The fourth-order valence-electron chi connectivity index (χ4n) is 2.44. The average Bonchev–Trinajstić information content (AvgIpc) is 2.60. The number of anilines is 1. The van der Waals surface area contributed by atoms with Gasteiger partial charge in [0.05, 0.1) is 26.4 Å². The SMILES string of the molecule is COC(=O)C1=C(C(=O)OC)N(c2ccccc2CCO)COC1. The Bertz CT molecular complexity index is 625. The molecule has 0 saturated carbocycles. The van der Waals surface area contributed by atoms with Crippen LogP contribution in [0.1, 0.15) is 5.56 Å². The van der Waals surface area contributed by atoms with Gasteiger partial charge in [-0.3, -0.25) is 0 Å². The number of rotatable bonds is 5. The minimum atomic E-state index is -0.646. The van der Waals surface area contributed by atoms with Crippen molar-refractivity contribution in [3.8, 4) is 0 Å². The summed E-state index contributed by atoms with van der Waals surface area (Å²) in [5, 5.41) is 9.21. The van der Waals surface area contributed by atoms with Gasteiger partial charge in [-0.1, -0.05) is 18.2 Å². The number of nitrogens with zero attached hydrogens (tertiary/aromatic N) is 1. The van der Waals surface area contributed by atoms with E-state index in [9.17, 15) is 14.7 Å². The first-order valence-corrected chi connectivity index (χ1v) is 7.07. The van der Waals surface area contributed by atoms with Gasteiger partial charge in [-0.25, -0.2) is 9.59 Å². The summed E-state index contributed by atoms with van der Waals surface area (Å²) >= 11 is 0. The highest BCUT2D eigenvalue weighted by molar-refractivity contribution is 6.03. The van der Waals surface area contributed by atoms with Gasteiger partial charge in [0.1, 0.15) is 12.4 Å². The molecule has 0 saturated heterocycles. The molecule has 0 unspecified atom stereocenters. The summed E-state index contributed by atoms with van der Waals surface area (Å²) in [7, 11) is 2.49. The number of benzene rings is 1. The van der Waals surface area contributed by atoms with Gasteiger partial charge >= 0.3 is 11.9 Å². The Morgan fingerprint density at radius 1 is 1.22 bits per heavy atom. The molecular weight excluding hydrogens is 302 g/mol. The molecule has 1 aliphatic rings. The van der Waals surface area contributed by atoms with Crippen LogP contribution in [0.2, 0.25) is 0 Å². The number of hydrogen-bond donors (Lipinski definition) is 1. The van der Waals surface area contributed by atoms with Crippen LogP contribution in [-0.2, 0) is 30.2 Å². The number of hydrogen-bond acceptors (Lipinski definition) is 7. The van der Waals surface area contributed by atoms with Crippen molar-refractivity contribution in [1.29, 1.82) is 0 Å². The molecule has 0 aromatic heterocycles. The predicted molar refractivity (Wildman–Crippen MR) is 81.6 cm³/mol. The third-order valence-corrected chi connectivity index (χ3v) is 3.50. The molecule has 2 rings (SSSR count). The van der Waals surface area contributed by atoms with E-state index in [1.165, 1.54) is 14.2 Å². The minimum Gasteiger partial charge on any atom is -0.466 e. The second kappa shape index (κ2) is 7.75. The van der Waals surface area contributed by atoms with Crippen LogP contribution in [0.5, 0.6) is 0 Å². The second-order valence-electron chi connectivity index (χ2n) is 4.82. The first kappa shape index (κ1) is 17.0. The van der Waals surface area contributed by atoms with Crippen LogP contribution in [0.3, 0.4) is 0 Å². The summed E-state index contributed by atoms with van der Waals surface area (Å²) in [5.74, 6) is -1.29. The number of ether oxygens (including phenoxy) is 3. The van der Waals surface area contributed by atoms with Crippen molar-refractivity contribution >= 4 is 17.6 Å². The Balaban J connectivity index is 2.55. The van der Waals surface area contributed by atoms with Crippen LogP contribution in [-0.4, -0.2) is 51.2 Å². The van der Waals surface area contributed by atoms with Crippen LogP contribution in [0.15, 0.2) is 35.5 Å². The molecule has 1 aliphatic heterocycles. The molecule has 1 aromatic rings. The molecule has 7 nitrogen and oxygen atoms in total. The lowest BCUT2D eigenvalue weighted by Gasteiger charge is -2.32. The number of aliphatic hydroxyl groups is 1. The third-order valence-electron chi connectivity index (χ3n) is 3.50. The van der Waals surface area contributed by atoms with Crippen LogP contribution in [0, 0.1) is 0 Å². The highest BCUT2D eigenvalue weighted by atomic mass is 16.5. The zero-order chi connectivity index (χ0) is 16.8. The molecule has 124 valence electrons. The van der Waals surface area contributed by atoms with E-state index < -0.39 is 11.9 Å². The molecular formula is C16H19NO6. The minimum absolute atomic E-state index is 0.0320. The molecule has 0 fully saturated rings. The lowest BCUT2D eigenvalue weighted by Crippen LogP contribution is -2.39. The molecule has 0 aliphatic carbocycles. The Kier molecular flexibility index (Phi) is 5.72. The van der Waals surface area contributed by atoms with E-state index in [1.807, 2.05) is 12.1 Å². The van der Waals surface area contributed by atoms with E-state index in [0.717, 1.165) is 5.56 Å². The molecule has 0 radical (unpaired) electrons. The number of para-hydroxylation sites is 1. The highest BCUT2D eigenvalue weighted by Crippen LogP contribution is 2.29. The fourth-order valence-corrected chi connectivity index (χ4v) is 2.44. The summed E-state index contributed by atoms with van der Waals surface area (Å²) in [6.45, 7) is 0.0238. The van der Waals surface area contributed by atoms with Gasteiger partial charge in [0.2, 0.25) is 0 Å². The van der Waals surface area contributed by atoms with E-state index in [2.05, 4.69) is 0 Å². The third kappa shape index (κ3) is 3.52. The van der Waals surface area contributed by atoms with Crippen molar-refractivity contribution in [1.82, 2.24) is 0 Å². The van der Waals surface area contributed by atoms with Gasteiger partial charge in [-0.15, -0.1) is 0 Å². The maximum Gasteiger partial charge on any atom is 0.355 e. The van der Waals surface area contributed by atoms with Crippen molar-refractivity contribution < 1.29 is 28.9 Å². The van der Waals surface area contributed by atoms with Crippen molar-refractivity contribution in [2.75, 3.05) is 39.1 Å². The maximum atomic E-state index is 12.2. The lowest BCUT2D eigenvalue weighted by molar-refractivity contribution is -0.140. The molecule has 7 heteroatoms. The summed E-state index contributed by atoms with van der Waals surface area (Å²) < 4.78 is 15.0. The van der Waals surface area contributed by atoms with Crippen LogP contribution in [0.25, 0.3) is 0 Å². The van der Waals surface area contributed by atoms with Gasteiger partial charge < -0.3 is 24.2 Å². The number of carbonyl (C=O) groups excluding carboxylic acids is 2. The first-order chi connectivity index (χ1) is 11.1. The Morgan fingerprint density at radius 3 is 2.57 bits per heavy atom. The topological polar surface area (TPSA) is 85.3 Å². The quantitative estimate of drug-likeness (QED) is 0.796. The molecule has 23 heavy (non-hydrogen) atoms. The van der Waals surface area contributed by atoms with Crippen LogP contribution in [0.4, 0.5) is 5.69 Å². The summed E-state index contributed by atoms with van der Waals surface area (Å²) in [6, 6.07) is 7.27. The molecule has 0 spiro atoms. The van der Waals surface area contributed by atoms with Gasteiger partial charge in [0.25, 0.3) is 0 Å². The van der Waals surface area contributed by atoms with Crippen molar-refractivity contribution in [2.24, 2.45) is 0 Å². The summed E-state index contributed by atoms with van der Waals surface area (Å²) in [5.41, 5.74) is 1.69. The summed E-state index contributed by atoms with van der Waals surface area (Å²) in [6.07, 6.45) is 0.411. The lowest BCUT2D eigenvalue weighted by atomic mass is 10.1. The first-order valence-electron chi connectivity index (χ1n) is 7.07. The van der Waals surface area contributed by atoms with E-state index in [0.29, 0.717) is 12.1 Å². The molecule has 1 N–H and O–H groups in total. The van der Waals surface area contributed by atoms with Crippen molar-refractivity contribution in [3.63, 3.8) is 0 Å². The zero-order valence-corrected chi connectivity index (χ0v) is 13.1. The highest BCUT2D eigenvalue weighted by Gasteiger charge is 2.33.